The van der Waals surface area contributed by atoms with Crippen LogP contribution in [0.15, 0.2) is 18.2 Å². The molecule has 6 heteroatoms. The van der Waals surface area contributed by atoms with Crippen LogP contribution in [0.4, 0.5) is 11.4 Å². The van der Waals surface area contributed by atoms with Crippen molar-refractivity contribution in [2.24, 2.45) is 0 Å². The summed E-state index contributed by atoms with van der Waals surface area (Å²) in [7, 11) is -4.22. The fourth-order valence-electron chi connectivity index (χ4n) is 1.02. The molecule has 0 radical (unpaired) electrons. The molecule has 13 heavy (non-hydrogen) atoms. The fraction of sp³-hybridized carbons (Fsp3) is 0.143. The third-order valence-corrected chi connectivity index (χ3v) is 1.84. The van der Waals surface area contributed by atoms with E-state index in [4.69, 9.17) is 10.3 Å². The van der Waals surface area contributed by atoms with E-state index >= 15 is 0 Å². The lowest BCUT2D eigenvalue weighted by Gasteiger charge is -2.04. The zero-order chi connectivity index (χ0) is 10.1. The Morgan fingerprint density at radius 1 is 1.38 bits per heavy atom. The average Bonchev–Trinajstić information content (AvgIpc) is 1.78. The second-order valence-corrected chi connectivity index (χ2v) is 3.86. The van der Waals surface area contributed by atoms with Gasteiger partial charge in [-0.2, -0.15) is 8.42 Å². The number of nitrogens with two attached hydrogens (primary N) is 1. The van der Waals surface area contributed by atoms with Crippen molar-refractivity contribution in [1.82, 2.24) is 0 Å². The van der Waals surface area contributed by atoms with Gasteiger partial charge in [0.2, 0.25) is 0 Å². The largest absolute Gasteiger partial charge is 0.399 e. The van der Waals surface area contributed by atoms with Gasteiger partial charge in [-0.1, -0.05) is 0 Å². The number of rotatable bonds is 2. The van der Waals surface area contributed by atoms with E-state index in [1.165, 1.54) is 6.07 Å². The first-order valence-electron chi connectivity index (χ1n) is 3.49. The molecule has 0 amide bonds. The van der Waals surface area contributed by atoms with Crippen LogP contribution in [0.3, 0.4) is 0 Å². The summed E-state index contributed by atoms with van der Waals surface area (Å²) in [5.74, 6) is 0. The minimum absolute atomic E-state index is 0.250. The highest BCUT2D eigenvalue weighted by molar-refractivity contribution is 7.87. The van der Waals surface area contributed by atoms with Gasteiger partial charge < -0.3 is 5.73 Å². The predicted octanol–water partition coefficient (Wildman–Crippen LogP) is 0.792. The van der Waals surface area contributed by atoms with Crippen molar-refractivity contribution >= 4 is 21.7 Å². The number of hydrogen-bond acceptors (Lipinski definition) is 3. The monoisotopic (exact) mass is 202 g/mol. The summed E-state index contributed by atoms with van der Waals surface area (Å²) in [6.07, 6.45) is 0. The lowest BCUT2D eigenvalue weighted by atomic mass is 10.2. The molecule has 1 aromatic carbocycles. The minimum Gasteiger partial charge on any atom is -0.399 e. The maximum absolute atomic E-state index is 10.4. The van der Waals surface area contributed by atoms with Crippen LogP contribution in [0.2, 0.25) is 0 Å². The molecule has 0 aromatic heterocycles. The summed E-state index contributed by atoms with van der Waals surface area (Å²) < 4.78 is 31.2. The van der Waals surface area contributed by atoms with Crippen molar-refractivity contribution in [3.8, 4) is 0 Å². The third-order valence-electron chi connectivity index (χ3n) is 1.35. The molecule has 0 aliphatic rings. The minimum atomic E-state index is -4.22. The van der Waals surface area contributed by atoms with Crippen LogP contribution in [0.5, 0.6) is 0 Å². The van der Waals surface area contributed by atoms with E-state index in [9.17, 15) is 8.42 Å². The molecule has 0 heterocycles. The van der Waals surface area contributed by atoms with E-state index in [0.717, 1.165) is 5.56 Å². The molecule has 0 spiro atoms. The lowest BCUT2D eigenvalue weighted by Crippen LogP contribution is -2.10. The molecule has 0 saturated heterocycles. The van der Waals surface area contributed by atoms with Gasteiger partial charge in [0.05, 0.1) is 5.69 Å². The Kier molecular flexibility index (Phi) is 2.44. The van der Waals surface area contributed by atoms with Gasteiger partial charge in [-0.25, -0.2) is 0 Å². The van der Waals surface area contributed by atoms with Crippen LogP contribution in [0, 0.1) is 6.92 Å². The second-order valence-electron chi connectivity index (χ2n) is 2.71. The first kappa shape index (κ1) is 9.82. The smallest absolute Gasteiger partial charge is 0.357 e. The third kappa shape index (κ3) is 3.30. The molecule has 0 aliphatic heterocycles. The molecular weight excluding hydrogens is 192 g/mol. The summed E-state index contributed by atoms with van der Waals surface area (Å²) in [6.45, 7) is 1.77. The Labute approximate surface area is 76.5 Å². The van der Waals surface area contributed by atoms with Crippen molar-refractivity contribution in [2.45, 2.75) is 6.92 Å². The summed E-state index contributed by atoms with van der Waals surface area (Å²) in [5, 5.41) is 0. The number of hydrogen-bond donors (Lipinski definition) is 3. The van der Waals surface area contributed by atoms with Crippen molar-refractivity contribution in [1.29, 1.82) is 0 Å². The van der Waals surface area contributed by atoms with Gasteiger partial charge in [0.15, 0.2) is 0 Å². The Morgan fingerprint density at radius 3 is 2.46 bits per heavy atom. The van der Waals surface area contributed by atoms with E-state index in [1.807, 2.05) is 4.72 Å². The first-order valence-corrected chi connectivity index (χ1v) is 4.93. The van der Waals surface area contributed by atoms with Gasteiger partial charge in [0.25, 0.3) is 0 Å². The van der Waals surface area contributed by atoms with Crippen molar-refractivity contribution in [2.75, 3.05) is 10.5 Å². The maximum Gasteiger partial charge on any atom is 0.357 e. The van der Waals surface area contributed by atoms with Crippen LogP contribution in [-0.4, -0.2) is 13.0 Å². The highest BCUT2D eigenvalue weighted by Gasteiger charge is 2.04. The highest BCUT2D eigenvalue weighted by atomic mass is 32.2. The maximum atomic E-state index is 10.4. The number of benzene rings is 1. The first-order chi connectivity index (χ1) is 5.87. The molecule has 0 saturated carbocycles. The number of nitrogen functional groups attached to an aromatic ring is 1. The second kappa shape index (κ2) is 3.23. The Hall–Kier alpha value is -1.27. The summed E-state index contributed by atoms with van der Waals surface area (Å²) in [6, 6.07) is 4.67. The fourth-order valence-corrected chi connectivity index (χ4v) is 1.44. The van der Waals surface area contributed by atoms with E-state index in [-0.39, 0.29) is 5.69 Å². The Balaban J connectivity index is 3.03. The van der Waals surface area contributed by atoms with Crippen molar-refractivity contribution in [3.63, 3.8) is 0 Å². The molecule has 0 atom stereocenters. The molecule has 5 nitrogen and oxygen atoms in total. The highest BCUT2D eigenvalue weighted by Crippen LogP contribution is 2.16. The standard InChI is InChI=1S/C7H10N2O3S/c1-5-2-6(8)4-7(3-5)9-13(10,11)12/h2-4,9H,8H2,1H3,(H,10,11,12). The average molecular weight is 202 g/mol. The lowest BCUT2D eigenvalue weighted by molar-refractivity contribution is 0.490. The van der Waals surface area contributed by atoms with Crippen LogP contribution in [0.1, 0.15) is 5.56 Å². The Morgan fingerprint density at radius 2 is 2.00 bits per heavy atom. The molecular formula is C7H10N2O3S. The van der Waals surface area contributed by atoms with E-state index < -0.39 is 10.3 Å². The van der Waals surface area contributed by atoms with Gasteiger partial charge in [-0.15, -0.1) is 0 Å². The molecule has 0 aliphatic carbocycles. The van der Waals surface area contributed by atoms with Crippen LogP contribution >= 0.6 is 0 Å². The van der Waals surface area contributed by atoms with E-state index in [1.54, 1.807) is 19.1 Å². The number of aryl methyl sites for hydroxylation is 1. The van der Waals surface area contributed by atoms with Crippen LogP contribution in [-0.2, 0) is 10.3 Å². The zero-order valence-corrected chi connectivity index (χ0v) is 7.80. The zero-order valence-electron chi connectivity index (χ0n) is 6.98. The van der Waals surface area contributed by atoms with E-state index in [0.29, 0.717) is 5.69 Å². The quantitative estimate of drug-likeness (QED) is 0.488. The van der Waals surface area contributed by atoms with Gasteiger partial charge in [-0.3, -0.25) is 9.27 Å². The molecule has 72 valence electrons. The summed E-state index contributed by atoms with van der Waals surface area (Å²) in [5.41, 5.74) is 6.96. The summed E-state index contributed by atoms with van der Waals surface area (Å²) >= 11 is 0. The Bertz CT molecular complexity index is 393. The molecule has 0 fully saturated rings. The van der Waals surface area contributed by atoms with Crippen LogP contribution < -0.4 is 10.5 Å². The van der Waals surface area contributed by atoms with Crippen molar-refractivity contribution < 1.29 is 13.0 Å². The molecule has 1 rings (SSSR count). The van der Waals surface area contributed by atoms with Gasteiger partial charge in [0, 0.05) is 5.69 Å². The summed E-state index contributed by atoms with van der Waals surface area (Å²) in [4.78, 5) is 0. The van der Waals surface area contributed by atoms with Crippen LogP contribution in [0.25, 0.3) is 0 Å². The van der Waals surface area contributed by atoms with Gasteiger partial charge >= 0.3 is 10.3 Å². The van der Waals surface area contributed by atoms with E-state index in [2.05, 4.69) is 0 Å². The topological polar surface area (TPSA) is 92.4 Å². The number of nitrogens with one attached hydrogen (secondary N) is 1. The van der Waals surface area contributed by atoms with Gasteiger partial charge in [0.1, 0.15) is 0 Å². The SMILES string of the molecule is Cc1cc(N)cc(NS(=O)(=O)O)c1. The van der Waals surface area contributed by atoms with Crippen molar-refractivity contribution in [3.05, 3.63) is 23.8 Å². The predicted molar refractivity (Wildman–Crippen MR) is 50.8 cm³/mol. The molecule has 1 aromatic rings. The van der Waals surface area contributed by atoms with Gasteiger partial charge in [-0.05, 0) is 30.7 Å². The molecule has 4 N–H and O–H groups in total. The molecule has 0 unspecified atom stereocenters. The molecule has 0 bridgehead atoms. The normalized spacial score (nSPS) is 11.2. The number of anilines is 2.